The fraction of sp³-hybridized carbons (Fsp3) is 0.167. The van der Waals surface area contributed by atoms with Gasteiger partial charge in [0.1, 0.15) is 23.7 Å². The minimum Gasteiger partial charge on any atom is -0.353 e. The third-order valence-corrected chi connectivity index (χ3v) is 5.56. The molecule has 0 spiro atoms. The summed E-state index contributed by atoms with van der Waals surface area (Å²) in [6.07, 6.45) is 1.58. The third kappa shape index (κ3) is 4.07. The zero-order valence-corrected chi connectivity index (χ0v) is 17.3. The van der Waals surface area contributed by atoms with Crippen LogP contribution >= 0.6 is 0 Å². The lowest BCUT2D eigenvalue weighted by Gasteiger charge is -2.35. The Balaban J connectivity index is 1.24. The van der Waals surface area contributed by atoms with E-state index < -0.39 is 0 Å². The third-order valence-electron chi connectivity index (χ3n) is 5.56. The Labute approximate surface area is 184 Å². The zero-order valence-electron chi connectivity index (χ0n) is 17.3. The number of carbonyl (C=O) groups is 1. The average molecular weight is 428 g/mol. The molecule has 8 heteroatoms. The second-order valence-corrected chi connectivity index (χ2v) is 7.58. The number of amides is 1. The quantitative estimate of drug-likeness (QED) is 0.537. The summed E-state index contributed by atoms with van der Waals surface area (Å²) in [5.41, 5.74) is 3.71. The predicted octanol–water partition coefficient (Wildman–Crippen LogP) is 3.64. The van der Waals surface area contributed by atoms with E-state index in [1.165, 1.54) is 12.1 Å². The molecule has 2 aromatic carbocycles. The Bertz CT molecular complexity index is 1220. The molecule has 0 aliphatic carbocycles. The van der Waals surface area contributed by atoms with Crippen molar-refractivity contribution in [2.24, 2.45) is 0 Å². The fourth-order valence-corrected chi connectivity index (χ4v) is 3.80. The lowest BCUT2D eigenvalue weighted by molar-refractivity contribution is 0.0740. The van der Waals surface area contributed by atoms with E-state index in [9.17, 15) is 9.18 Å². The van der Waals surface area contributed by atoms with E-state index >= 15 is 0 Å². The van der Waals surface area contributed by atoms with Crippen LogP contribution in [-0.2, 0) is 0 Å². The number of hydrogen-bond acceptors (Lipinski definition) is 5. The smallest absolute Gasteiger partial charge is 0.272 e. The summed E-state index contributed by atoms with van der Waals surface area (Å²) in [6, 6.07) is 19.7. The van der Waals surface area contributed by atoms with E-state index in [0.717, 1.165) is 22.6 Å². The van der Waals surface area contributed by atoms with Gasteiger partial charge in [-0.3, -0.25) is 9.89 Å². The van der Waals surface area contributed by atoms with Crippen LogP contribution in [0, 0.1) is 5.82 Å². The van der Waals surface area contributed by atoms with E-state index in [4.69, 9.17) is 0 Å². The molecule has 1 aliphatic heterocycles. The Hall–Kier alpha value is -4.07. The topological polar surface area (TPSA) is 78.0 Å². The molecule has 0 unspecified atom stereocenters. The lowest BCUT2D eigenvalue weighted by atomic mass is 10.1. The number of anilines is 1. The highest BCUT2D eigenvalue weighted by molar-refractivity contribution is 5.93. The van der Waals surface area contributed by atoms with Crippen LogP contribution < -0.4 is 4.90 Å². The van der Waals surface area contributed by atoms with Gasteiger partial charge in [0.15, 0.2) is 0 Å². The maximum Gasteiger partial charge on any atom is 0.272 e. The molecule has 160 valence electrons. The molecule has 1 fully saturated rings. The molecule has 1 N–H and O–H groups in total. The number of benzene rings is 2. The molecule has 0 saturated carbocycles. The number of piperazine rings is 1. The van der Waals surface area contributed by atoms with Crippen LogP contribution in [0.2, 0.25) is 0 Å². The molecule has 1 aliphatic rings. The fourth-order valence-electron chi connectivity index (χ4n) is 3.80. The number of aromatic amines is 1. The first kappa shape index (κ1) is 19.9. The van der Waals surface area contributed by atoms with Crippen molar-refractivity contribution in [3.05, 3.63) is 84.6 Å². The van der Waals surface area contributed by atoms with Crippen molar-refractivity contribution < 1.29 is 9.18 Å². The van der Waals surface area contributed by atoms with Crippen molar-refractivity contribution in [2.45, 2.75) is 0 Å². The molecule has 2 aromatic heterocycles. The highest BCUT2D eigenvalue weighted by Gasteiger charge is 2.24. The molecule has 0 bridgehead atoms. The van der Waals surface area contributed by atoms with Gasteiger partial charge in [-0.15, -0.1) is 0 Å². The monoisotopic (exact) mass is 428 g/mol. The number of carbonyl (C=O) groups excluding carboxylic acids is 1. The summed E-state index contributed by atoms with van der Waals surface area (Å²) in [7, 11) is 0. The van der Waals surface area contributed by atoms with E-state index in [1.807, 2.05) is 36.4 Å². The first-order valence-electron chi connectivity index (χ1n) is 10.4. The Kier molecular flexibility index (Phi) is 5.33. The average Bonchev–Trinajstić information content (AvgIpc) is 3.35. The highest BCUT2D eigenvalue weighted by Crippen LogP contribution is 2.22. The van der Waals surface area contributed by atoms with Crippen LogP contribution in [-0.4, -0.2) is 57.2 Å². The Morgan fingerprint density at radius 1 is 0.844 bits per heavy atom. The van der Waals surface area contributed by atoms with Gasteiger partial charge in [0.25, 0.3) is 5.91 Å². The minimum absolute atomic E-state index is 0.0989. The second-order valence-electron chi connectivity index (χ2n) is 7.58. The van der Waals surface area contributed by atoms with Crippen molar-refractivity contribution in [2.75, 3.05) is 31.1 Å². The molecular formula is C24H21FN6O. The first-order valence-corrected chi connectivity index (χ1v) is 10.4. The molecule has 3 heterocycles. The molecular weight excluding hydrogens is 407 g/mol. The van der Waals surface area contributed by atoms with Gasteiger partial charge in [-0.1, -0.05) is 30.3 Å². The van der Waals surface area contributed by atoms with Gasteiger partial charge in [-0.25, -0.2) is 14.4 Å². The number of halogens is 1. The molecule has 1 saturated heterocycles. The molecule has 0 radical (unpaired) electrons. The molecule has 4 aromatic rings. The van der Waals surface area contributed by atoms with Gasteiger partial charge in [0, 0.05) is 43.4 Å². The van der Waals surface area contributed by atoms with E-state index in [2.05, 4.69) is 25.1 Å². The molecule has 0 atom stereocenters. The lowest BCUT2D eigenvalue weighted by Crippen LogP contribution is -2.49. The summed E-state index contributed by atoms with van der Waals surface area (Å²) in [5.74, 6) is 0.447. The van der Waals surface area contributed by atoms with Gasteiger partial charge in [0.2, 0.25) is 0 Å². The molecule has 7 nitrogen and oxygen atoms in total. The van der Waals surface area contributed by atoms with Crippen LogP contribution in [0.5, 0.6) is 0 Å². The van der Waals surface area contributed by atoms with Crippen molar-refractivity contribution in [1.29, 1.82) is 0 Å². The van der Waals surface area contributed by atoms with Crippen molar-refractivity contribution in [3.8, 4) is 22.5 Å². The van der Waals surface area contributed by atoms with Crippen molar-refractivity contribution >= 4 is 11.7 Å². The van der Waals surface area contributed by atoms with Crippen LogP contribution in [0.25, 0.3) is 22.5 Å². The molecule has 5 rings (SSSR count). The maximum absolute atomic E-state index is 13.1. The van der Waals surface area contributed by atoms with Crippen molar-refractivity contribution in [1.82, 2.24) is 25.1 Å². The summed E-state index contributed by atoms with van der Waals surface area (Å²) >= 11 is 0. The molecule has 1 amide bonds. The first-order chi connectivity index (χ1) is 15.7. The second kappa shape index (κ2) is 8.58. The van der Waals surface area contributed by atoms with E-state index in [0.29, 0.717) is 37.6 Å². The van der Waals surface area contributed by atoms with Crippen LogP contribution in [0.1, 0.15) is 10.5 Å². The number of H-pyrrole nitrogens is 1. The van der Waals surface area contributed by atoms with Gasteiger partial charge < -0.3 is 9.80 Å². The van der Waals surface area contributed by atoms with Crippen molar-refractivity contribution in [3.63, 3.8) is 0 Å². The zero-order chi connectivity index (χ0) is 21.9. The molecule has 32 heavy (non-hydrogen) atoms. The van der Waals surface area contributed by atoms with Crippen LogP contribution in [0.3, 0.4) is 0 Å². The largest absolute Gasteiger partial charge is 0.353 e. The van der Waals surface area contributed by atoms with Gasteiger partial charge in [-0.05, 0) is 30.3 Å². The number of nitrogens with one attached hydrogen (secondary N) is 1. The van der Waals surface area contributed by atoms with E-state index in [-0.39, 0.29) is 11.7 Å². The van der Waals surface area contributed by atoms with Gasteiger partial charge in [-0.2, -0.15) is 5.10 Å². The number of nitrogens with zero attached hydrogens (tertiary/aromatic N) is 5. The minimum atomic E-state index is -0.307. The standard InChI is InChI=1S/C24H21FN6O/c25-19-8-6-18(7-9-19)21-14-22(29-28-21)24(32)31-12-10-30(11-13-31)23-15-20(26-16-27-23)17-4-2-1-3-5-17/h1-9,14-16H,10-13H2,(H,28,29). The summed E-state index contributed by atoms with van der Waals surface area (Å²) in [4.78, 5) is 25.7. The Morgan fingerprint density at radius 2 is 1.56 bits per heavy atom. The summed E-state index contributed by atoms with van der Waals surface area (Å²) in [5, 5.41) is 7.03. The Morgan fingerprint density at radius 3 is 2.31 bits per heavy atom. The van der Waals surface area contributed by atoms with Crippen LogP contribution in [0.4, 0.5) is 10.2 Å². The normalized spacial score (nSPS) is 13.9. The van der Waals surface area contributed by atoms with Gasteiger partial charge in [0.05, 0.1) is 11.4 Å². The summed E-state index contributed by atoms with van der Waals surface area (Å²) < 4.78 is 13.1. The highest BCUT2D eigenvalue weighted by atomic mass is 19.1. The van der Waals surface area contributed by atoms with Crippen LogP contribution in [0.15, 0.2) is 73.1 Å². The maximum atomic E-state index is 13.1. The number of aromatic nitrogens is 4. The predicted molar refractivity (Wildman–Crippen MR) is 120 cm³/mol. The van der Waals surface area contributed by atoms with E-state index in [1.54, 1.807) is 29.4 Å². The summed E-state index contributed by atoms with van der Waals surface area (Å²) in [6.45, 7) is 2.51. The van der Waals surface area contributed by atoms with Gasteiger partial charge >= 0.3 is 0 Å². The SMILES string of the molecule is O=C(c1cc(-c2ccc(F)cc2)n[nH]1)N1CCN(c2cc(-c3ccccc3)ncn2)CC1. The number of hydrogen-bond donors (Lipinski definition) is 1. The number of rotatable bonds is 4.